The first-order valence-corrected chi connectivity index (χ1v) is 22.0. The Kier molecular flexibility index (Phi) is 6.63. The molecule has 14 rings (SSSR count). The van der Waals surface area contributed by atoms with Crippen molar-refractivity contribution in [2.24, 2.45) is 29.1 Å². The van der Waals surface area contributed by atoms with Gasteiger partial charge in [0.15, 0.2) is 0 Å². The van der Waals surface area contributed by atoms with Gasteiger partial charge < -0.3 is 9.32 Å². The SMILES string of the molecule is c1ccc(-c2ccc(N(c3ccc(-c4ccccc4)cc3)c3ccc4oc5cc(-c6cccc7c6C6(c8ccccc8-7)C7CC8CC9CC6C89C7)ccc5c4c3)cc2)cc1. The first kappa shape index (κ1) is 33.2. The summed E-state index contributed by atoms with van der Waals surface area (Å²) in [6.45, 7) is 0. The smallest absolute Gasteiger partial charge is 0.136 e. The van der Waals surface area contributed by atoms with Crippen molar-refractivity contribution in [1.82, 2.24) is 0 Å². The van der Waals surface area contributed by atoms with E-state index in [0.717, 1.165) is 62.7 Å². The number of hydrogen-bond donors (Lipinski definition) is 0. The minimum absolute atomic E-state index is 0.135. The van der Waals surface area contributed by atoms with Gasteiger partial charge in [-0.05, 0) is 165 Å². The molecule has 2 nitrogen and oxygen atoms in total. The lowest BCUT2D eigenvalue weighted by Crippen LogP contribution is -2.65. The number of furan rings is 1. The highest BCUT2D eigenvalue weighted by molar-refractivity contribution is 6.08. The number of benzene rings is 8. The molecule has 4 fully saturated rings. The van der Waals surface area contributed by atoms with E-state index in [1.165, 1.54) is 70.2 Å². The maximum Gasteiger partial charge on any atom is 0.136 e. The first-order chi connectivity index (χ1) is 29.7. The zero-order valence-corrected chi connectivity index (χ0v) is 33.4. The van der Waals surface area contributed by atoms with Gasteiger partial charge in [0, 0.05) is 33.2 Å². The Balaban J connectivity index is 0.883. The van der Waals surface area contributed by atoms with Crippen LogP contribution in [0.4, 0.5) is 17.1 Å². The molecule has 0 aliphatic heterocycles. The van der Waals surface area contributed by atoms with E-state index < -0.39 is 0 Å². The van der Waals surface area contributed by atoms with Crippen LogP contribution in [0.15, 0.2) is 192 Å². The molecule has 2 spiro atoms. The van der Waals surface area contributed by atoms with Gasteiger partial charge in [0.25, 0.3) is 0 Å². The molecule has 6 atom stereocenters. The van der Waals surface area contributed by atoms with Crippen LogP contribution in [0.2, 0.25) is 0 Å². The van der Waals surface area contributed by atoms with Crippen LogP contribution in [0.1, 0.15) is 36.8 Å². The summed E-state index contributed by atoms with van der Waals surface area (Å²) in [7, 11) is 0. The number of rotatable bonds is 6. The lowest BCUT2D eigenvalue weighted by molar-refractivity contribution is -0.193. The summed E-state index contributed by atoms with van der Waals surface area (Å²) in [5.74, 6) is 3.45. The highest BCUT2D eigenvalue weighted by Gasteiger charge is 2.82. The van der Waals surface area contributed by atoms with E-state index >= 15 is 0 Å². The number of hydrogen-bond acceptors (Lipinski definition) is 2. The molecule has 0 radical (unpaired) electrons. The second-order valence-corrected chi connectivity index (χ2v) is 18.5. The predicted octanol–water partition coefficient (Wildman–Crippen LogP) is 15.4. The first-order valence-electron chi connectivity index (χ1n) is 22.0. The zero-order valence-electron chi connectivity index (χ0n) is 33.4. The Bertz CT molecular complexity index is 3100. The Hall–Kier alpha value is -6.64. The third kappa shape index (κ3) is 4.24. The minimum atomic E-state index is 0.135. The van der Waals surface area contributed by atoms with E-state index in [-0.39, 0.29) is 5.41 Å². The second kappa shape index (κ2) is 12.0. The zero-order chi connectivity index (χ0) is 39.2. The van der Waals surface area contributed by atoms with Gasteiger partial charge in [-0.25, -0.2) is 0 Å². The number of anilines is 3. The monoisotopic (exact) mass is 769 g/mol. The van der Waals surface area contributed by atoms with Crippen LogP contribution in [-0.2, 0) is 5.41 Å². The van der Waals surface area contributed by atoms with Crippen LogP contribution in [0.3, 0.4) is 0 Å². The van der Waals surface area contributed by atoms with Crippen molar-refractivity contribution in [3.05, 3.63) is 199 Å². The minimum Gasteiger partial charge on any atom is -0.456 e. The van der Waals surface area contributed by atoms with Crippen molar-refractivity contribution in [1.29, 1.82) is 0 Å². The molecule has 4 saturated carbocycles. The van der Waals surface area contributed by atoms with Gasteiger partial charge in [-0.2, -0.15) is 0 Å². The van der Waals surface area contributed by atoms with Crippen molar-refractivity contribution in [2.45, 2.75) is 31.1 Å². The van der Waals surface area contributed by atoms with Crippen LogP contribution in [-0.4, -0.2) is 0 Å². The number of nitrogens with zero attached hydrogens (tertiary/aromatic N) is 1. The fourth-order valence-electron chi connectivity index (χ4n) is 13.9. The van der Waals surface area contributed by atoms with Crippen molar-refractivity contribution >= 4 is 39.0 Å². The molecule has 1 heterocycles. The summed E-state index contributed by atoms with van der Waals surface area (Å²) in [6, 6.07) is 69.4. The van der Waals surface area contributed by atoms with E-state index in [9.17, 15) is 0 Å². The normalized spacial score (nSPS) is 24.9. The van der Waals surface area contributed by atoms with E-state index in [1.54, 1.807) is 11.1 Å². The number of fused-ring (bicyclic) bond motifs is 11. The molecule has 9 aromatic rings. The third-order valence-electron chi connectivity index (χ3n) is 16.3. The second-order valence-electron chi connectivity index (χ2n) is 18.5. The Morgan fingerprint density at radius 1 is 0.417 bits per heavy atom. The summed E-state index contributed by atoms with van der Waals surface area (Å²) in [5, 5.41) is 2.28. The Morgan fingerprint density at radius 3 is 1.70 bits per heavy atom. The summed E-state index contributed by atoms with van der Waals surface area (Å²) >= 11 is 0. The molecule has 1 aromatic heterocycles. The van der Waals surface area contributed by atoms with E-state index in [2.05, 4.69) is 193 Å². The van der Waals surface area contributed by atoms with Crippen LogP contribution < -0.4 is 4.90 Å². The fourth-order valence-corrected chi connectivity index (χ4v) is 13.9. The fraction of sp³-hybridized carbons (Fsp3) is 0.172. The summed E-state index contributed by atoms with van der Waals surface area (Å²) in [6.07, 6.45) is 5.74. The van der Waals surface area contributed by atoms with Gasteiger partial charge in [0.1, 0.15) is 11.2 Å². The lowest BCUT2D eigenvalue weighted by Gasteiger charge is -2.70. The standard InChI is InChI=1S/C58H43NO/c1-3-10-36(11-4-1)38-18-23-44(24-19-38)59(45-25-20-39(21-26-45)37-12-5-2-6-13-37)46-27-29-53-51(34-46)49-28-22-40(30-54(49)60-53)47-15-9-16-50-48-14-7-8-17-52(48)58(56(47)50)43-32-41-31-42-33-55(58)57(41,42)35-43/h1-30,34,41-43,55H,31-33,35H2. The van der Waals surface area contributed by atoms with Crippen LogP contribution in [0.5, 0.6) is 0 Å². The molecule has 0 N–H and O–H groups in total. The van der Waals surface area contributed by atoms with Crippen LogP contribution in [0, 0.1) is 29.1 Å². The van der Waals surface area contributed by atoms with Gasteiger partial charge in [-0.15, -0.1) is 0 Å². The predicted molar refractivity (Wildman–Crippen MR) is 246 cm³/mol. The third-order valence-corrected chi connectivity index (χ3v) is 16.3. The molecule has 60 heavy (non-hydrogen) atoms. The van der Waals surface area contributed by atoms with E-state index in [1.807, 2.05) is 0 Å². The van der Waals surface area contributed by atoms with Crippen molar-refractivity contribution in [3.8, 4) is 44.5 Å². The van der Waals surface area contributed by atoms with Crippen LogP contribution in [0.25, 0.3) is 66.4 Å². The molecule has 0 amide bonds. The van der Waals surface area contributed by atoms with E-state index in [0.29, 0.717) is 5.41 Å². The highest BCUT2D eigenvalue weighted by Crippen LogP contribution is 2.88. The van der Waals surface area contributed by atoms with Crippen molar-refractivity contribution < 1.29 is 4.42 Å². The molecule has 6 unspecified atom stereocenters. The van der Waals surface area contributed by atoms with Crippen LogP contribution >= 0.6 is 0 Å². The molecule has 5 aliphatic carbocycles. The quantitative estimate of drug-likeness (QED) is 0.167. The molecule has 5 aliphatic rings. The van der Waals surface area contributed by atoms with Crippen molar-refractivity contribution in [2.75, 3.05) is 4.90 Å². The molecular formula is C58H43NO. The Morgan fingerprint density at radius 2 is 1.00 bits per heavy atom. The molecule has 2 heteroatoms. The summed E-state index contributed by atoms with van der Waals surface area (Å²) in [5.41, 5.74) is 19.6. The maximum absolute atomic E-state index is 6.79. The molecule has 286 valence electrons. The molecule has 0 saturated heterocycles. The highest BCUT2D eigenvalue weighted by atomic mass is 16.3. The van der Waals surface area contributed by atoms with Gasteiger partial charge in [-0.1, -0.05) is 133 Å². The van der Waals surface area contributed by atoms with Gasteiger partial charge in [0.2, 0.25) is 0 Å². The average molecular weight is 770 g/mol. The Labute approximate surface area is 350 Å². The summed E-state index contributed by atoms with van der Waals surface area (Å²) < 4.78 is 6.79. The van der Waals surface area contributed by atoms with Gasteiger partial charge in [0.05, 0.1) is 0 Å². The molecule has 2 bridgehead atoms. The maximum atomic E-state index is 6.79. The average Bonchev–Trinajstić information content (AvgIpc) is 4.02. The van der Waals surface area contributed by atoms with Gasteiger partial charge in [-0.3, -0.25) is 0 Å². The van der Waals surface area contributed by atoms with Crippen molar-refractivity contribution in [3.63, 3.8) is 0 Å². The van der Waals surface area contributed by atoms with Gasteiger partial charge >= 0.3 is 0 Å². The lowest BCUT2D eigenvalue weighted by atomic mass is 9.34. The molecule has 8 aromatic carbocycles. The topological polar surface area (TPSA) is 16.4 Å². The van der Waals surface area contributed by atoms with E-state index in [4.69, 9.17) is 4.42 Å². The summed E-state index contributed by atoms with van der Waals surface area (Å²) in [4.78, 5) is 2.37. The molecular weight excluding hydrogens is 727 g/mol. The largest absolute Gasteiger partial charge is 0.456 e.